The highest BCUT2D eigenvalue weighted by Gasteiger charge is 2.62. The van der Waals surface area contributed by atoms with E-state index >= 15 is 0 Å². The number of alkyl halides is 3. The minimum atomic E-state index is -4.78. The molecule has 1 saturated heterocycles. The zero-order valence-corrected chi connectivity index (χ0v) is 25.8. The SMILES string of the molecule is CC1=C[C@@H]2[C@H](C(C)C)CC[C@@H](C)[C@]2(O)[C@@H](OC(=O)[C@@H]2C[C@@]3(O)c4cccc(Cl)c4N(C)O[C@H]3N2)[C@@H]1OC(=O)OCC(F)(F)F. The second kappa shape index (κ2) is 11.7. The summed E-state index contributed by atoms with van der Waals surface area (Å²) in [7, 11) is 1.61. The number of anilines is 1. The molecule has 2 heterocycles. The molecule has 3 N–H and O–H groups in total. The molecule has 244 valence electrons. The van der Waals surface area contributed by atoms with E-state index in [1.165, 1.54) is 5.06 Å². The number of fused-ring (bicyclic) bond motifs is 4. The molecule has 0 aromatic heterocycles. The van der Waals surface area contributed by atoms with Crippen LogP contribution in [0.25, 0.3) is 0 Å². The monoisotopic (exact) mass is 646 g/mol. The minimum Gasteiger partial charge on any atom is -0.454 e. The Morgan fingerprint density at radius 3 is 2.59 bits per heavy atom. The van der Waals surface area contributed by atoms with Crippen LogP contribution in [-0.2, 0) is 29.4 Å². The van der Waals surface area contributed by atoms with Crippen LogP contribution in [-0.4, -0.2) is 72.2 Å². The van der Waals surface area contributed by atoms with Crippen molar-refractivity contribution < 1.29 is 52.0 Å². The van der Waals surface area contributed by atoms with Gasteiger partial charge in [-0.3, -0.25) is 20.0 Å². The van der Waals surface area contributed by atoms with Crippen LogP contribution in [0.1, 0.15) is 52.5 Å². The smallest absolute Gasteiger partial charge is 0.454 e. The van der Waals surface area contributed by atoms with Gasteiger partial charge in [-0.15, -0.1) is 0 Å². The van der Waals surface area contributed by atoms with E-state index in [2.05, 4.69) is 10.1 Å². The molecule has 14 heteroatoms. The van der Waals surface area contributed by atoms with Gasteiger partial charge in [0.15, 0.2) is 25.0 Å². The molecule has 1 aromatic carbocycles. The number of rotatable bonds is 5. The van der Waals surface area contributed by atoms with Crippen LogP contribution in [0, 0.1) is 23.7 Å². The third-order valence-corrected chi connectivity index (χ3v) is 9.94. The number of hydrogen-bond donors (Lipinski definition) is 3. The Hall–Kier alpha value is -2.58. The number of ether oxygens (including phenoxy) is 3. The molecule has 5 rings (SSSR count). The Labute approximate surface area is 258 Å². The second-order valence-corrected chi connectivity index (χ2v) is 13.1. The average Bonchev–Trinajstić information content (AvgIpc) is 3.28. The number of para-hydroxylation sites is 1. The van der Waals surface area contributed by atoms with E-state index in [-0.39, 0.29) is 18.3 Å². The summed E-state index contributed by atoms with van der Waals surface area (Å²) in [5, 5.41) is 28.8. The summed E-state index contributed by atoms with van der Waals surface area (Å²) in [5.41, 5.74) is -2.11. The molecule has 44 heavy (non-hydrogen) atoms. The van der Waals surface area contributed by atoms with Crippen molar-refractivity contribution in [1.82, 2.24) is 5.32 Å². The van der Waals surface area contributed by atoms with Crippen molar-refractivity contribution in [2.75, 3.05) is 18.7 Å². The van der Waals surface area contributed by atoms with Gasteiger partial charge in [0.25, 0.3) is 0 Å². The number of esters is 1. The molecular formula is C30H38ClF3N2O8. The quantitative estimate of drug-likeness (QED) is 0.309. The maximum Gasteiger partial charge on any atom is 0.509 e. The van der Waals surface area contributed by atoms with Crippen LogP contribution in [0.3, 0.4) is 0 Å². The topological polar surface area (TPSA) is 127 Å². The van der Waals surface area contributed by atoms with E-state index in [0.717, 1.165) is 6.42 Å². The van der Waals surface area contributed by atoms with Crippen LogP contribution in [0.5, 0.6) is 0 Å². The largest absolute Gasteiger partial charge is 0.509 e. The van der Waals surface area contributed by atoms with E-state index in [9.17, 15) is 33.0 Å². The van der Waals surface area contributed by atoms with Gasteiger partial charge >= 0.3 is 18.3 Å². The van der Waals surface area contributed by atoms with Crippen molar-refractivity contribution >= 4 is 29.4 Å². The molecule has 0 bridgehead atoms. The number of halogens is 4. The fourth-order valence-electron chi connectivity index (χ4n) is 7.37. The van der Waals surface area contributed by atoms with Crippen LogP contribution < -0.4 is 10.4 Å². The van der Waals surface area contributed by atoms with Gasteiger partial charge in [-0.25, -0.2) is 4.79 Å². The van der Waals surface area contributed by atoms with E-state index in [0.29, 0.717) is 28.3 Å². The average molecular weight is 647 g/mol. The first kappa shape index (κ1) is 32.8. The summed E-state index contributed by atoms with van der Waals surface area (Å²) < 4.78 is 53.9. The number of carbonyl (C=O) groups is 2. The molecule has 2 fully saturated rings. The molecule has 2 aliphatic carbocycles. The molecule has 0 unspecified atom stereocenters. The minimum absolute atomic E-state index is 0.0103. The lowest BCUT2D eigenvalue weighted by molar-refractivity contribution is -0.223. The van der Waals surface area contributed by atoms with Crippen molar-refractivity contribution in [2.24, 2.45) is 23.7 Å². The molecule has 9 atom stereocenters. The lowest BCUT2D eigenvalue weighted by atomic mass is 9.56. The predicted octanol–water partition coefficient (Wildman–Crippen LogP) is 4.60. The summed E-state index contributed by atoms with van der Waals surface area (Å²) in [6.07, 6.45) is -7.40. The molecule has 1 aromatic rings. The summed E-state index contributed by atoms with van der Waals surface area (Å²) in [5.74, 6) is -1.67. The Bertz CT molecular complexity index is 1330. The van der Waals surface area contributed by atoms with Gasteiger partial charge in [-0.1, -0.05) is 50.6 Å². The normalized spacial score (nSPS) is 36.6. The van der Waals surface area contributed by atoms with Crippen LogP contribution in [0.4, 0.5) is 23.7 Å². The summed E-state index contributed by atoms with van der Waals surface area (Å²) >= 11 is 6.37. The molecule has 0 radical (unpaired) electrons. The lowest BCUT2D eigenvalue weighted by Gasteiger charge is -2.55. The number of benzene rings is 1. The number of hydrogen-bond acceptors (Lipinski definition) is 10. The highest BCUT2D eigenvalue weighted by Crippen LogP contribution is 2.53. The Balaban J connectivity index is 1.46. The number of carbonyl (C=O) groups excluding carboxylic acids is 2. The molecule has 0 spiro atoms. The Morgan fingerprint density at radius 1 is 1.23 bits per heavy atom. The third-order valence-electron chi connectivity index (χ3n) is 9.63. The molecule has 2 aliphatic heterocycles. The zero-order chi connectivity index (χ0) is 32.4. The van der Waals surface area contributed by atoms with Gasteiger partial charge in [-0.2, -0.15) is 13.2 Å². The second-order valence-electron chi connectivity index (χ2n) is 12.7. The predicted molar refractivity (Wildman–Crippen MR) is 151 cm³/mol. The van der Waals surface area contributed by atoms with E-state index < -0.39 is 72.4 Å². The first-order chi connectivity index (χ1) is 20.5. The fraction of sp³-hybridized carbons (Fsp3) is 0.667. The van der Waals surface area contributed by atoms with Crippen molar-refractivity contribution in [3.8, 4) is 0 Å². The molecule has 10 nitrogen and oxygen atoms in total. The first-order valence-corrected chi connectivity index (χ1v) is 15.0. The van der Waals surface area contributed by atoms with E-state index in [1.807, 2.05) is 13.8 Å². The fourth-order valence-corrected chi connectivity index (χ4v) is 7.66. The van der Waals surface area contributed by atoms with Crippen molar-refractivity contribution in [3.05, 3.63) is 40.4 Å². The molecule has 4 aliphatic rings. The van der Waals surface area contributed by atoms with E-state index in [1.54, 1.807) is 45.2 Å². The maximum atomic E-state index is 13.9. The Morgan fingerprint density at radius 2 is 1.93 bits per heavy atom. The van der Waals surface area contributed by atoms with Gasteiger partial charge in [0, 0.05) is 24.9 Å². The Kier molecular flexibility index (Phi) is 8.69. The summed E-state index contributed by atoms with van der Waals surface area (Å²) in [6.45, 7) is 5.58. The number of hydroxylamine groups is 1. The van der Waals surface area contributed by atoms with Gasteiger partial charge in [-0.05, 0) is 49.2 Å². The molecular weight excluding hydrogens is 609 g/mol. The van der Waals surface area contributed by atoms with Crippen LogP contribution in [0.15, 0.2) is 29.8 Å². The number of aliphatic hydroxyl groups is 2. The van der Waals surface area contributed by atoms with Crippen molar-refractivity contribution in [3.63, 3.8) is 0 Å². The number of nitrogens with zero attached hydrogens (tertiary/aromatic N) is 1. The van der Waals surface area contributed by atoms with Crippen LogP contribution >= 0.6 is 11.6 Å². The standard InChI is InChI=1S/C30H38ClF3N2O8/c1-14(2)17-10-9-16(4)30(40)19(17)11-15(3)23(42-27(38)41-13-29(32,33)34)24(30)43-25(37)21-12-28(39)18-7-6-8-20(31)22(18)36(5)44-26(28)35-21/h6-8,11,14,16-17,19,21,23-24,26,35,39-40H,9-10,12-13H2,1-5H3/t16-,17+,19-,21+,23-,24+,26-,28-,30-/m1/s1. The van der Waals surface area contributed by atoms with Gasteiger partial charge in [0.1, 0.15) is 17.2 Å². The van der Waals surface area contributed by atoms with Crippen molar-refractivity contribution in [1.29, 1.82) is 0 Å². The van der Waals surface area contributed by atoms with Crippen molar-refractivity contribution in [2.45, 2.75) is 88.8 Å². The number of nitrogens with one attached hydrogen (secondary N) is 1. The van der Waals surface area contributed by atoms with E-state index in [4.69, 9.17) is 25.9 Å². The van der Waals surface area contributed by atoms with Gasteiger partial charge in [0.05, 0.1) is 10.7 Å². The summed E-state index contributed by atoms with van der Waals surface area (Å²) in [6, 6.07) is 3.86. The molecule has 1 saturated carbocycles. The van der Waals surface area contributed by atoms with Gasteiger partial charge in [0.2, 0.25) is 0 Å². The zero-order valence-electron chi connectivity index (χ0n) is 25.1. The highest BCUT2D eigenvalue weighted by atomic mass is 35.5. The lowest BCUT2D eigenvalue weighted by Crippen LogP contribution is -2.66. The van der Waals surface area contributed by atoms with Gasteiger partial charge < -0.3 is 24.4 Å². The molecule has 0 amide bonds. The summed E-state index contributed by atoms with van der Waals surface area (Å²) in [4.78, 5) is 32.1. The highest BCUT2D eigenvalue weighted by molar-refractivity contribution is 6.33. The third kappa shape index (κ3) is 5.66. The first-order valence-electron chi connectivity index (χ1n) is 14.7. The van der Waals surface area contributed by atoms with Crippen LogP contribution in [0.2, 0.25) is 5.02 Å². The maximum absolute atomic E-state index is 13.9.